The van der Waals surface area contributed by atoms with Crippen molar-refractivity contribution in [3.63, 3.8) is 0 Å². The SMILES string of the molecule is N#CC1(Cn2cc(Br)c([N+](=O)[O-])n2)CCCC1. The summed E-state index contributed by atoms with van der Waals surface area (Å²) < 4.78 is 1.85. The molecular formula is C10H11BrN4O2. The van der Waals surface area contributed by atoms with E-state index in [2.05, 4.69) is 27.1 Å². The van der Waals surface area contributed by atoms with Gasteiger partial charge < -0.3 is 10.1 Å². The van der Waals surface area contributed by atoms with Gasteiger partial charge in [-0.05, 0) is 33.7 Å². The van der Waals surface area contributed by atoms with E-state index in [-0.39, 0.29) is 5.82 Å². The normalized spacial score (nSPS) is 17.9. The zero-order valence-corrected chi connectivity index (χ0v) is 10.7. The van der Waals surface area contributed by atoms with Crippen molar-refractivity contribution in [1.82, 2.24) is 9.78 Å². The molecule has 2 rings (SSSR count). The Bertz CT molecular complexity index is 485. The van der Waals surface area contributed by atoms with Gasteiger partial charge in [0.25, 0.3) is 0 Å². The lowest BCUT2D eigenvalue weighted by atomic mass is 9.88. The second kappa shape index (κ2) is 4.45. The molecular weight excluding hydrogens is 288 g/mol. The van der Waals surface area contributed by atoms with Gasteiger partial charge in [0.2, 0.25) is 0 Å². The van der Waals surface area contributed by atoms with Crippen molar-refractivity contribution in [2.45, 2.75) is 32.2 Å². The standard InChI is InChI=1S/C10H11BrN4O2/c11-8-5-14(13-9(8)15(16)17)7-10(6-12)3-1-2-4-10/h5H,1-4,7H2. The number of nitro groups is 1. The molecule has 0 aliphatic heterocycles. The molecule has 0 aromatic carbocycles. The van der Waals surface area contributed by atoms with Crippen LogP contribution in [0.5, 0.6) is 0 Å². The molecule has 1 fully saturated rings. The number of rotatable bonds is 3. The second-order valence-corrected chi connectivity index (χ2v) is 5.21. The van der Waals surface area contributed by atoms with Gasteiger partial charge in [-0.25, -0.2) is 0 Å². The molecule has 17 heavy (non-hydrogen) atoms. The highest BCUT2D eigenvalue weighted by atomic mass is 79.9. The van der Waals surface area contributed by atoms with E-state index in [1.165, 1.54) is 4.68 Å². The van der Waals surface area contributed by atoms with Crippen LogP contribution in [0, 0.1) is 26.9 Å². The Morgan fingerprint density at radius 2 is 2.29 bits per heavy atom. The molecule has 1 aromatic rings. The molecule has 0 saturated heterocycles. The molecule has 0 spiro atoms. The van der Waals surface area contributed by atoms with E-state index in [0.29, 0.717) is 11.0 Å². The molecule has 1 saturated carbocycles. The predicted octanol–water partition coefficient (Wildman–Crippen LogP) is 2.64. The van der Waals surface area contributed by atoms with Gasteiger partial charge in [0.05, 0.1) is 29.3 Å². The molecule has 0 amide bonds. The van der Waals surface area contributed by atoms with Crippen LogP contribution in [-0.2, 0) is 6.54 Å². The Kier molecular flexibility index (Phi) is 3.15. The van der Waals surface area contributed by atoms with Gasteiger partial charge in [-0.3, -0.25) is 0 Å². The van der Waals surface area contributed by atoms with Crippen LogP contribution in [0.1, 0.15) is 25.7 Å². The number of hydrogen-bond acceptors (Lipinski definition) is 4. The van der Waals surface area contributed by atoms with Crippen molar-refractivity contribution >= 4 is 21.7 Å². The smallest absolute Gasteiger partial charge is 0.358 e. The average molecular weight is 299 g/mol. The first kappa shape index (κ1) is 12.0. The van der Waals surface area contributed by atoms with Gasteiger partial charge in [0.1, 0.15) is 4.47 Å². The van der Waals surface area contributed by atoms with E-state index in [1.807, 2.05) is 0 Å². The molecule has 0 bridgehead atoms. The fourth-order valence-corrected chi connectivity index (χ4v) is 2.72. The van der Waals surface area contributed by atoms with Gasteiger partial charge in [-0.2, -0.15) is 9.94 Å². The van der Waals surface area contributed by atoms with Crippen molar-refractivity contribution in [2.24, 2.45) is 5.41 Å². The van der Waals surface area contributed by atoms with Crippen LogP contribution in [-0.4, -0.2) is 14.7 Å². The molecule has 0 N–H and O–H groups in total. The predicted molar refractivity (Wildman–Crippen MR) is 63.1 cm³/mol. The third-order valence-corrected chi connectivity index (χ3v) is 3.69. The maximum atomic E-state index is 10.7. The van der Waals surface area contributed by atoms with Crippen molar-refractivity contribution in [3.05, 3.63) is 20.8 Å². The van der Waals surface area contributed by atoms with E-state index in [9.17, 15) is 15.4 Å². The highest BCUT2D eigenvalue weighted by Crippen LogP contribution is 2.39. The lowest BCUT2D eigenvalue weighted by Crippen LogP contribution is -2.21. The van der Waals surface area contributed by atoms with Crippen LogP contribution < -0.4 is 0 Å². The van der Waals surface area contributed by atoms with Gasteiger partial charge in [-0.1, -0.05) is 12.8 Å². The number of nitrogens with zero attached hydrogens (tertiary/aromatic N) is 4. The first-order valence-electron chi connectivity index (χ1n) is 5.35. The summed E-state index contributed by atoms with van der Waals surface area (Å²) in [4.78, 5) is 10.1. The van der Waals surface area contributed by atoms with Crippen LogP contribution >= 0.6 is 15.9 Å². The van der Waals surface area contributed by atoms with Crippen LogP contribution in [0.3, 0.4) is 0 Å². The molecule has 0 unspecified atom stereocenters. The summed E-state index contributed by atoms with van der Waals surface area (Å²) in [6.07, 6.45) is 5.33. The minimum absolute atomic E-state index is 0.198. The molecule has 1 aromatic heterocycles. The minimum Gasteiger partial charge on any atom is -0.358 e. The zero-order valence-electron chi connectivity index (χ0n) is 9.10. The van der Waals surface area contributed by atoms with Gasteiger partial charge in [-0.15, -0.1) is 0 Å². The van der Waals surface area contributed by atoms with Gasteiger partial charge in [0.15, 0.2) is 0 Å². The van der Waals surface area contributed by atoms with Crippen LogP contribution in [0.4, 0.5) is 5.82 Å². The lowest BCUT2D eigenvalue weighted by Gasteiger charge is -2.17. The molecule has 6 nitrogen and oxygen atoms in total. The van der Waals surface area contributed by atoms with Gasteiger partial charge >= 0.3 is 5.82 Å². The van der Waals surface area contributed by atoms with Crippen molar-refractivity contribution in [2.75, 3.05) is 0 Å². The minimum atomic E-state index is -0.533. The quantitative estimate of drug-likeness (QED) is 0.634. The average Bonchev–Trinajstić information content (AvgIpc) is 2.87. The molecule has 1 heterocycles. The maximum Gasteiger partial charge on any atom is 0.404 e. The molecule has 0 atom stereocenters. The maximum absolute atomic E-state index is 10.7. The summed E-state index contributed by atoms with van der Waals surface area (Å²) >= 11 is 3.10. The van der Waals surface area contributed by atoms with E-state index in [4.69, 9.17) is 0 Å². The molecule has 7 heteroatoms. The summed E-state index contributed by atoms with van der Waals surface area (Å²) in [5.74, 6) is -0.198. The topological polar surface area (TPSA) is 84.8 Å². The fourth-order valence-electron chi connectivity index (χ4n) is 2.26. The summed E-state index contributed by atoms with van der Waals surface area (Å²) in [7, 11) is 0. The van der Waals surface area contributed by atoms with Crippen molar-refractivity contribution < 1.29 is 4.92 Å². The Morgan fingerprint density at radius 1 is 1.65 bits per heavy atom. The number of nitriles is 1. The molecule has 1 aliphatic carbocycles. The molecule has 90 valence electrons. The third kappa shape index (κ3) is 2.31. The first-order valence-corrected chi connectivity index (χ1v) is 6.14. The first-order chi connectivity index (χ1) is 8.06. The highest BCUT2D eigenvalue weighted by Gasteiger charge is 2.36. The van der Waals surface area contributed by atoms with E-state index < -0.39 is 10.3 Å². The van der Waals surface area contributed by atoms with E-state index in [0.717, 1.165) is 25.7 Å². The van der Waals surface area contributed by atoms with Gasteiger partial charge in [0, 0.05) is 0 Å². The lowest BCUT2D eigenvalue weighted by molar-refractivity contribution is -0.390. The second-order valence-electron chi connectivity index (χ2n) is 4.35. The molecule has 0 radical (unpaired) electrons. The monoisotopic (exact) mass is 298 g/mol. The van der Waals surface area contributed by atoms with Crippen molar-refractivity contribution in [1.29, 1.82) is 5.26 Å². The Hall–Kier alpha value is -1.42. The number of hydrogen-bond donors (Lipinski definition) is 0. The zero-order chi connectivity index (χ0) is 12.5. The highest BCUT2D eigenvalue weighted by molar-refractivity contribution is 9.10. The Morgan fingerprint density at radius 3 is 2.76 bits per heavy atom. The molecule has 1 aliphatic rings. The van der Waals surface area contributed by atoms with E-state index >= 15 is 0 Å². The Labute approximate surface area is 107 Å². The third-order valence-electron chi connectivity index (χ3n) is 3.13. The summed E-state index contributed by atoms with van der Waals surface area (Å²) in [5.41, 5.74) is -0.403. The van der Waals surface area contributed by atoms with Crippen LogP contribution in [0.25, 0.3) is 0 Å². The van der Waals surface area contributed by atoms with Crippen LogP contribution in [0.15, 0.2) is 10.7 Å². The fraction of sp³-hybridized carbons (Fsp3) is 0.600. The number of halogens is 1. The Balaban J connectivity index is 2.22. The summed E-state index contributed by atoms with van der Waals surface area (Å²) in [6, 6.07) is 2.34. The summed E-state index contributed by atoms with van der Waals surface area (Å²) in [6.45, 7) is 0.427. The number of aromatic nitrogens is 2. The van der Waals surface area contributed by atoms with Crippen LogP contribution in [0.2, 0.25) is 0 Å². The summed E-state index contributed by atoms with van der Waals surface area (Å²) in [5, 5.41) is 23.8. The van der Waals surface area contributed by atoms with E-state index in [1.54, 1.807) is 6.20 Å². The largest absolute Gasteiger partial charge is 0.404 e. The van der Waals surface area contributed by atoms with Crippen molar-refractivity contribution in [3.8, 4) is 6.07 Å².